The van der Waals surface area contributed by atoms with Gasteiger partial charge in [-0.1, -0.05) is 13.8 Å². The summed E-state index contributed by atoms with van der Waals surface area (Å²) in [7, 11) is 0. The van der Waals surface area contributed by atoms with E-state index in [0.717, 1.165) is 0 Å². The van der Waals surface area contributed by atoms with E-state index in [-0.39, 0.29) is 24.0 Å². The lowest BCUT2D eigenvalue weighted by atomic mass is 10.2. The van der Waals surface area contributed by atoms with Crippen molar-refractivity contribution in [2.75, 3.05) is 18.8 Å². The Bertz CT molecular complexity index is 416. The molecular weight excluding hydrogens is 234 g/mol. The van der Waals surface area contributed by atoms with E-state index in [1.807, 2.05) is 13.8 Å². The van der Waals surface area contributed by atoms with Crippen molar-refractivity contribution >= 4 is 17.6 Å². The summed E-state index contributed by atoms with van der Waals surface area (Å²) in [5.74, 6) is -0.0866. The van der Waals surface area contributed by atoms with Crippen LogP contribution in [0.1, 0.15) is 24.3 Å². The molecule has 4 N–H and O–H groups in total. The molecule has 0 unspecified atom stereocenters. The van der Waals surface area contributed by atoms with Crippen LogP contribution < -0.4 is 16.4 Å². The van der Waals surface area contributed by atoms with Crippen molar-refractivity contribution in [3.63, 3.8) is 0 Å². The summed E-state index contributed by atoms with van der Waals surface area (Å²) in [6.07, 6.45) is 2.55. The molecule has 0 aliphatic carbocycles. The summed E-state index contributed by atoms with van der Waals surface area (Å²) >= 11 is 0. The molecule has 0 saturated heterocycles. The summed E-state index contributed by atoms with van der Waals surface area (Å²) in [4.78, 5) is 30.5. The number of nitrogens with zero attached hydrogens (tertiary/aromatic N) is 2. The van der Waals surface area contributed by atoms with Gasteiger partial charge in [0.1, 0.15) is 11.5 Å². The smallest absolute Gasteiger partial charge is 0.271 e. The Morgan fingerprint density at radius 2 is 2.00 bits per heavy atom. The minimum absolute atomic E-state index is 0.0857. The van der Waals surface area contributed by atoms with Gasteiger partial charge in [0.25, 0.3) is 5.91 Å². The lowest BCUT2D eigenvalue weighted by Gasteiger charge is -2.08. The van der Waals surface area contributed by atoms with Gasteiger partial charge in [-0.2, -0.15) is 0 Å². The van der Waals surface area contributed by atoms with E-state index in [2.05, 4.69) is 20.6 Å². The molecule has 98 valence electrons. The van der Waals surface area contributed by atoms with E-state index >= 15 is 0 Å². The summed E-state index contributed by atoms with van der Waals surface area (Å²) in [5.41, 5.74) is 5.47. The Balaban J connectivity index is 2.37. The molecule has 7 heteroatoms. The molecule has 0 saturated carbocycles. The van der Waals surface area contributed by atoms with Gasteiger partial charge in [-0.15, -0.1) is 0 Å². The maximum Gasteiger partial charge on any atom is 0.271 e. The molecule has 18 heavy (non-hydrogen) atoms. The molecule has 0 aliphatic heterocycles. The van der Waals surface area contributed by atoms with Gasteiger partial charge < -0.3 is 16.4 Å². The predicted octanol–water partition coefficient (Wildman–Crippen LogP) is -0.439. The average molecular weight is 251 g/mol. The fourth-order valence-corrected chi connectivity index (χ4v) is 1.09. The number of nitrogens with two attached hydrogens (primary N) is 1. The number of nitrogens with one attached hydrogen (secondary N) is 2. The maximum atomic E-state index is 11.6. The second-order valence-corrected chi connectivity index (χ2v) is 4.21. The van der Waals surface area contributed by atoms with Crippen molar-refractivity contribution in [2.24, 2.45) is 5.92 Å². The summed E-state index contributed by atoms with van der Waals surface area (Å²) in [6.45, 7) is 4.47. The minimum atomic E-state index is -0.456. The standard InChI is InChI=1S/C11H17N5O2/c1-7(2)3-15-10(17)6-16-11(18)8-4-14-9(12)5-13-8/h4-5,7H,3,6H2,1-2H3,(H2,12,14)(H,15,17)(H,16,18). The van der Waals surface area contributed by atoms with Gasteiger partial charge in [0.05, 0.1) is 18.9 Å². The van der Waals surface area contributed by atoms with E-state index in [1.165, 1.54) is 12.4 Å². The zero-order chi connectivity index (χ0) is 13.5. The van der Waals surface area contributed by atoms with Crippen LogP contribution in [0, 0.1) is 5.92 Å². The SMILES string of the molecule is CC(C)CNC(=O)CNC(=O)c1cnc(N)cn1. The van der Waals surface area contributed by atoms with Crippen LogP contribution in [0.15, 0.2) is 12.4 Å². The van der Waals surface area contributed by atoms with E-state index in [9.17, 15) is 9.59 Å². The van der Waals surface area contributed by atoms with Gasteiger partial charge in [-0.05, 0) is 5.92 Å². The first-order valence-corrected chi connectivity index (χ1v) is 5.61. The number of amides is 2. The number of aromatic nitrogens is 2. The van der Waals surface area contributed by atoms with E-state index in [1.54, 1.807) is 0 Å². The molecule has 1 heterocycles. The molecule has 0 fully saturated rings. The topological polar surface area (TPSA) is 110 Å². The van der Waals surface area contributed by atoms with E-state index in [4.69, 9.17) is 5.73 Å². The Labute approximate surface area is 105 Å². The van der Waals surface area contributed by atoms with Crippen LogP contribution in [0.3, 0.4) is 0 Å². The highest BCUT2D eigenvalue weighted by molar-refractivity contribution is 5.94. The van der Waals surface area contributed by atoms with Crippen molar-refractivity contribution in [1.29, 1.82) is 0 Å². The first-order chi connectivity index (χ1) is 8.49. The molecule has 0 radical (unpaired) electrons. The molecule has 0 aromatic carbocycles. The molecule has 1 aromatic rings. The second-order valence-electron chi connectivity index (χ2n) is 4.21. The van der Waals surface area contributed by atoms with E-state index < -0.39 is 5.91 Å². The average Bonchev–Trinajstić information content (AvgIpc) is 2.34. The number of carbonyl (C=O) groups excluding carboxylic acids is 2. The summed E-state index contributed by atoms with van der Waals surface area (Å²) in [5, 5.41) is 5.14. The van der Waals surface area contributed by atoms with Crippen molar-refractivity contribution in [3.8, 4) is 0 Å². The lowest BCUT2D eigenvalue weighted by molar-refractivity contribution is -0.120. The number of rotatable bonds is 5. The molecule has 0 atom stereocenters. The number of hydrogen-bond donors (Lipinski definition) is 3. The van der Waals surface area contributed by atoms with Gasteiger partial charge >= 0.3 is 0 Å². The highest BCUT2D eigenvalue weighted by atomic mass is 16.2. The Kier molecular flexibility index (Phi) is 5.04. The van der Waals surface area contributed by atoms with E-state index in [0.29, 0.717) is 12.5 Å². The normalized spacial score (nSPS) is 10.2. The van der Waals surface area contributed by atoms with Crippen molar-refractivity contribution in [1.82, 2.24) is 20.6 Å². The Hall–Kier alpha value is -2.18. The van der Waals surface area contributed by atoms with Crippen LogP contribution in [0.4, 0.5) is 5.82 Å². The maximum absolute atomic E-state index is 11.6. The summed E-state index contributed by atoms with van der Waals surface area (Å²) in [6, 6.07) is 0. The Morgan fingerprint density at radius 1 is 1.28 bits per heavy atom. The molecule has 0 bridgehead atoms. The fraction of sp³-hybridized carbons (Fsp3) is 0.455. The third-order valence-electron chi connectivity index (χ3n) is 2.02. The van der Waals surface area contributed by atoms with Gasteiger partial charge in [-0.25, -0.2) is 9.97 Å². The first-order valence-electron chi connectivity index (χ1n) is 5.61. The molecule has 1 rings (SSSR count). The molecule has 7 nitrogen and oxygen atoms in total. The zero-order valence-corrected chi connectivity index (χ0v) is 10.4. The first kappa shape index (κ1) is 13.9. The third kappa shape index (κ3) is 4.77. The summed E-state index contributed by atoms with van der Waals surface area (Å²) < 4.78 is 0. The highest BCUT2D eigenvalue weighted by Crippen LogP contribution is 1.95. The van der Waals surface area contributed by atoms with Crippen LogP contribution in [-0.4, -0.2) is 34.9 Å². The Morgan fingerprint density at radius 3 is 2.56 bits per heavy atom. The zero-order valence-electron chi connectivity index (χ0n) is 10.4. The van der Waals surface area contributed by atoms with Crippen LogP contribution in [0.2, 0.25) is 0 Å². The second kappa shape index (κ2) is 6.53. The van der Waals surface area contributed by atoms with Crippen LogP contribution >= 0.6 is 0 Å². The molecule has 0 spiro atoms. The van der Waals surface area contributed by atoms with Crippen molar-refractivity contribution in [3.05, 3.63) is 18.1 Å². The largest absolute Gasteiger partial charge is 0.382 e. The minimum Gasteiger partial charge on any atom is -0.382 e. The highest BCUT2D eigenvalue weighted by Gasteiger charge is 2.09. The molecule has 0 aliphatic rings. The number of hydrogen-bond acceptors (Lipinski definition) is 5. The lowest BCUT2D eigenvalue weighted by Crippen LogP contribution is -2.38. The predicted molar refractivity (Wildman–Crippen MR) is 66.6 cm³/mol. The van der Waals surface area contributed by atoms with Crippen LogP contribution in [0.25, 0.3) is 0 Å². The quantitative estimate of drug-likeness (QED) is 0.657. The molecular formula is C11H17N5O2. The van der Waals surface area contributed by atoms with Gasteiger partial charge in [0.2, 0.25) is 5.91 Å². The monoisotopic (exact) mass is 251 g/mol. The van der Waals surface area contributed by atoms with Crippen LogP contribution in [-0.2, 0) is 4.79 Å². The molecule has 2 amide bonds. The van der Waals surface area contributed by atoms with Crippen molar-refractivity contribution < 1.29 is 9.59 Å². The van der Waals surface area contributed by atoms with Crippen LogP contribution in [0.5, 0.6) is 0 Å². The van der Waals surface area contributed by atoms with Gasteiger partial charge in [-0.3, -0.25) is 9.59 Å². The number of nitrogen functional groups attached to an aromatic ring is 1. The fourth-order valence-electron chi connectivity index (χ4n) is 1.09. The third-order valence-corrected chi connectivity index (χ3v) is 2.02. The van der Waals surface area contributed by atoms with Gasteiger partial charge in [0, 0.05) is 6.54 Å². The molecule has 1 aromatic heterocycles. The number of carbonyl (C=O) groups is 2. The van der Waals surface area contributed by atoms with Crippen molar-refractivity contribution in [2.45, 2.75) is 13.8 Å². The number of anilines is 1. The van der Waals surface area contributed by atoms with Gasteiger partial charge in [0.15, 0.2) is 0 Å².